The first-order valence-electron chi connectivity index (χ1n) is 10.4. The second-order valence-corrected chi connectivity index (χ2v) is 8.13. The maximum atomic E-state index is 13.0. The first-order valence-corrected chi connectivity index (χ1v) is 11.2. The van der Waals surface area contributed by atoms with Gasteiger partial charge in [0.2, 0.25) is 0 Å². The lowest BCUT2D eigenvalue weighted by Crippen LogP contribution is -2.20. The van der Waals surface area contributed by atoms with E-state index in [4.69, 9.17) is 4.74 Å². The molecule has 0 saturated carbocycles. The quantitative estimate of drug-likeness (QED) is 0.232. The van der Waals surface area contributed by atoms with Crippen LogP contribution in [0.1, 0.15) is 15.9 Å². The SMILES string of the molecule is COC(=O)c1ccc(NC(=O)/C(C#N)=C\c2cc(Br)ccc2OCC(=O)Nc2ccc(F)cc2)cc1. The van der Waals surface area contributed by atoms with E-state index in [1.165, 1.54) is 61.7 Å². The number of amides is 2. The Labute approximate surface area is 214 Å². The fourth-order valence-electron chi connectivity index (χ4n) is 2.95. The van der Waals surface area contributed by atoms with E-state index in [0.717, 1.165) is 0 Å². The van der Waals surface area contributed by atoms with E-state index in [2.05, 4.69) is 31.3 Å². The minimum absolute atomic E-state index is 0.217. The lowest BCUT2D eigenvalue weighted by atomic mass is 10.1. The molecule has 0 aliphatic rings. The average Bonchev–Trinajstić information content (AvgIpc) is 2.88. The van der Waals surface area contributed by atoms with Crippen LogP contribution in [-0.2, 0) is 14.3 Å². The third-order valence-electron chi connectivity index (χ3n) is 4.69. The van der Waals surface area contributed by atoms with Gasteiger partial charge in [-0.2, -0.15) is 5.26 Å². The van der Waals surface area contributed by atoms with Gasteiger partial charge in [-0.25, -0.2) is 9.18 Å². The number of esters is 1. The van der Waals surface area contributed by atoms with Crippen molar-refractivity contribution in [2.75, 3.05) is 24.4 Å². The number of rotatable bonds is 8. The molecule has 36 heavy (non-hydrogen) atoms. The van der Waals surface area contributed by atoms with E-state index >= 15 is 0 Å². The van der Waals surface area contributed by atoms with E-state index in [0.29, 0.717) is 27.0 Å². The molecule has 182 valence electrons. The molecule has 2 N–H and O–H groups in total. The molecule has 2 amide bonds. The molecule has 0 aromatic heterocycles. The van der Waals surface area contributed by atoms with Crippen LogP contribution < -0.4 is 15.4 Å². The van der Waals surface area contributed by atoms with Crippen LogP contribution in [0.3, 0.4) is 0 Å². The third-order valence-corrected chi connectivity index (χ3v) is 5.18. The van der Waals surface area contributed by atoms with Crippen LogP contribution >= 0.6 is 15.9 Å². The van der Waals surface area contributed by atoms with Crippen LogP contribution in [0.5, 0.6) is 5.75 Å². The van der Waals surface area contributed by atoms with E-state index in [-0.39, 0.29) is 17.9 Å². The average molecular weight is 552 g/mol. The highest BCUT2D eigenvalue weighted by Gasteiger charge is 2.14. The van der Waals surface area contributed by atoms with Gasteiger partial charge in [-0.3, -0.25) is 9.59 Å². The number of carbonyl (C=O) groups is 3. The van der Waals surface area contributed by atoms with Crippen LogP contribution in [0, 0.1) is 17.1 Å². The highest BCUT2D eigenvalue weighted by molar-refractivity contribution is 9.10. The molecule has 3 aromatic carbocycles. The van der Waals surface area contributed by atoms with E-state index in [1.54, 1.807) is 18.2 Å². The van der Waals surface area contributed by atoms with Gasteiger partial charge in [-0.05, 0) is 72.8 Å². The normalized spacial score (nSPS) is 10.7. The second-order valence-electron chi connectivity index (χ2n) is 7.22. The Kier molecular flexibility index (Phi) is 8.91. The van der Waals surface area contributed by atoms with Crippen LogP contribution in [0.4, 0.5) is 15.8 Å². The lowest BCUT2D eigenvalue weighted by Gasteiger charge is -2.11. The van der Waals surface area contributed by atoms with Crippen molar-refractivity contribution in [2.24, 2.45) is 0 Å². The summed E-state index contributed by atoms with van der Waals surface area (Å²) >= 11 is 3.34. The van der Waals surface area contributed by atoms with Crippen LogP contribution in [0.15, 0.2) is 76.8 Å². The predicted molar refractivity (Wildman–Crippen MR) is 135 cm³/mol. The number of halogens is 2. The smallest absolute Gasteiger partial charge is 0.337 e. The number of nitriles is 1. The maximum Gasteiger partial charge on any atom is 0.337 e. The Morgan fingerprint density at radius 3 is 2.28 bits per heavy atom. The first kappa shape index (κ1) is 26.1. The molecule has 0 spiro atoms. The fourth-order valence-corrected chi connectivity index (χ4v) is 3.33. The van der Waals surface area contributed by atoms with Gasteiger partial charge in [0, 0.05) is 21.4 Å². The number of methoxy groups -OCH3 is 1. The van der Waals surface area contributed by atoms with Gasteiger partial charge in [0.1, 0.15) is 23.2 Å². The van der Waals surface area contributed by atoms with Crippen molar-refractivity contribution in [1.29, 1.82) is 5.26 Å². The van der Waals surface area contributed by atoms with Gasteiger partial charge in [0.05, 0.1) is 12.7 Å². The molecule has 10 heteroatoms. The standard InChI is InChI=1S/C26H19BrFN3O5/c1-35-26(34)16-2-7-22(8-3-16)31-25(33)18(14-29)12-17-13-19(27)4-11-23(17)36-15-24(32)30-21-9-5-20(28)6-10-21/h2-13H,15H2,1H3,(H,30,32)(H,31,33)/b18-12-. The molecule has 0 unspecified atom stereocenters. The van der Waals surface area contributed by atoms with Crippen molar-refractivity contribution in [3.63, 3.8) is 0 Å². The van der Waals surface area contributed by atoms with Crippen LogP contribution in [0.2, 0.25) is 0 Å². The van der Waals surface area contributed by atoms with Gasteiger partial charge in [0.25, 0.3) is 11.8 Å². The molecule has 0 fully saturated rings. The monoisotopic (exact) mass is 551 g/mol. The summed E-state index contributed by atoms with van der Waals surface area (Å²) in [7, 11) is 1.26. The molecule has 0 heterocycles. The summed E-state index contributed by atoms with van der Waals surface area (Å²) in [5.41, 5.74) is 1.25. The number of carbonyl (C=O) groups excluding carboxylic acids is 3. The molecule has 0 saturated heterocycles. The van der Waals surface area contributed by atoms with Gasteiger partial charge in [0.15, 0.2) is 6.61 Å². The summed E-state index contributed by atoms with van der Waals surface area (Å²) in [6.45, 7) is -0.361. The Hall–Kier alpha value is -4.49. The Morgan fingerprint density at radius 1 is 1.00 bits per heavy atom. The van der Waals surface area contributed by atoms with Gasteiger partial charge >= 0.3 is 5.97 Å². The minimum atomic E-state index is -0.678. The molecular formula is C26H19BrFN3O5. The van der Waals surface area contributed by atoms with E-state index in [1.807, 2.05) is 6.07 Å². The number of hydrogen-bond acceptors (Lipinski definition) is 6. The molecule has 0 bridgehead atoms. The highest BCUT2D eigenvalue weighted by atomic mass is 79.9. The number of anilines is 2. The molecular weight excluding hydrogens is 533 g/mol. The molecule has 0 aliphatic carbocycles. The van der Waals surface area contributed by atoms with Crippen molar-refractivity contribution in [1.82, 2.24) is 0 Å². The van der Waals surface area contributed by atoms with Crippen LogP contribution in [0.25, 0.3) is 6.08 Å². The Morgan fingerprint density at radius 2 is 1.64 bits per heavy atom. The van der Waals surface area contributed by atoms with Crippen molar-refractivity contribution in [3.8, 4) is 11.8 Å². The van der Waals surface area contributed by atoms with Crippen molar-refractivity contribution in [2.45, 2.75) is 0 Å². The molecule has 0 atom stereocenters. The van der Waals surface area contributed by atoms with Crippen LogP contribution in [-0.4, -0.2) is 31.5 Å². The number of ether oxygens (including phenoxy) is 2. The Balaban J connectivity index is 1.72. The zero-order chi connectivity index (χ0) is 26.1. The molecule has 3 aromatic rings. The largest absolute Gasteiger partial charge is 0.483 e. The van der Waals surface area contributed by atoms with Gasteiger partial charge in [-0.15, -0.1) is 0 Å². The molecule has 8 nitrogen and oxygen atoms in total. The summed E-state index contributed by atoms with van der Waals surface area (Å²) in [5.74, 6) is -1.84. The molecule has 3 rings (SSSR count). The number of nitrogens with zero attached hydrogens (tertiary/aromatic N) is 1. The van der Waals surface area contributed by atoms with Gasteiger partial charge < -0.3 is 20.1 Å². The third kappa shape index (κ3) is 7.25. The summed E-state index contributed by atoms with van der Waals surface area (Å²) in [4.78, 5) is 36.4. The molecule has 0 aliphatic heterocycles. The zero-order valence-corrected chi connectivity index (χ0v) is 20.5. The summed E-state index contributed by atoms with van der Waals surface area (Å²) in [5, 5.41) is 14.7. The lowest BCUT2D eigenvalue weighted by molar-refractivity contribution is -0.118. The predicted octanol–water partition coefficient (Wildman–Crippen LogP) is 4.94. The number of nitrogens with one attached hydrogen (secondary N) is 2. The fraction of sp³-hybridized carbons (Fsp3) is 0.0769. The topological polar surface area (TPSA) is 118 Å². The van der Waals surface area contributed by atoms with E-state index in [9.17, 15) is 24.0 Å². The summed E-state index contributed by atoms with van der Waals surface area (Å²) < 4.78 is 23.9. The molecule has 0 radical (unpaired) electrons. The first-order chi connectivity index (χ1) is 17.3. The number of benzene rings is 3. The van der Waals surface area contributed by atoms with E-state index < -0.39 is 23.6 Å². The zero-order valence-electron chi connectivity index (χ0n) is 18.9. The van der Waals surface area contributed by atoms with Crippen molar-refractivity contribution in [3.05, 3.63) is 93.7 Å². The maximum absolute atomic E-state index is 13.0. The highest BCUT2D eigenvalue weighted by Crippen LogP contribution is 2.26. The second kappa shape index (κ2) is 12.3. The Bertz CT molecular complexity index is 1350. The van der Waals surface area contributed by atoms with Crippen molar-refractivity contribution < 1.29 is 28.2 Å². The summed E-state index contributed by atoms with van der Waals surface area (Å²) in [6.07, 6.45) is 1.33. The minimum Gasteiger partial charge on any atom is -0.483 e. The number of hydrogen-bond donors (Lipinski definition) is 2. The van der Waals surface area contributed by atoms with Gasteiger partial charge in [-0.1, -0.05) is 15.9 Å². The van der Waals surface area contributed by atoms with Crippen molar-refractivity contribution >= 4 is 51.2 Å². The summed E-state index contributed by atoms with van der Waals surface area (Å²) in [6, 6.07) is 18.0.